The number of halogens is 1. The number of non-ortho nitro benzene ring substituents is 1. The number of amides is 1. The number of aryl methyl sites for hydroxylation is 1. The molecule has 178 valence electrons. The molecule has 1 N–H and O–H groups in total. The lowest BCUT2D eigenvalue weighted by molar-refractivity contribution is -0.384. The van der Waals surface area contributed by atoms with Crippen LogP contribution in [0.15, 0.2) is 75.0 Å². The minimum atomic E-state index is -0.447. The molecule has 8 nitrogen and oxygen atoms in total. The number of hydrogen-bond donors (Lipinski definition) is 1. The summed E-state index contributed by atoms with van der Waals surface area (Å²) in [5.41, 5.74) is 3.43. The van der Waals surface area contributed by atoms with Crippen molar-refractivity contribution in [2.45, 2.75) is 13.5 Å². The molecule has 10 heteroatoms. The van der Waals surface area contributed by atoms with Crippen molar-refractivity contribution in [3.63, 3.8) is 0 Å². The molecule has 0 atom stereocenters. The highest BCUT2D eigenvalue weighted by molar-refractivity contribution is 9.10. The number of amidine groups is 1. The van der Waals surface area contributed by atoms with Gasteiger partial charge in [0.15, 0.2) is 16.7 Å². The Labute approximate surface area is 214 Å². The number of nitro benzene ring substituents is 1. The highest BCUT2D eigenvalue weighted by Crippen LogP contribution is 2.39. The van der Waals surface area contributed by atoms with Crippen molar-refractivity contribution < 1.29 is 19.2 Å². The molecule has 0 aromatic heterocycles. The van der Waals surface area contributed by atoms with Crippen LogP contribution in [0.2, 0.25) is 0 Å². The summed E-state index contributed by atoms with van der Waals surface area (Å²) in [5, 5.41) is 14.1. The van der Waals surface area contributed by atoms with Crippen LogP contribution in [0, 0.1) is 17.0 Å². The number of rotatable bonds is 7. The lowest BCUT2D eigenvalue weighted by Crippen LogP contribution is -2.19. The third-order valence-corrected chi connectivity index (χ3v) is 6.49. The van der Waals surface area contributed by atoms with E-state index in [9.17, 15) is 14.9 Å². The Bertz CT molecular complexity index is 1340. The van der Waals surface area contributed by atoms with Crippen LogP contribution in [0.4, 0.5) is 11.4 Å². The van der Waals surface area contributed by atoms with Crippen molar-refractivity contribution in [2.24, 2.45) is 4.99 Å². The quantitative estimate of drug-likeness (QED) is 0.214. The van der Waals surface area contributed by atoms with Crippen molar-refractivity contribution >= 4 is 56.2 Å². The maximum Gasteiger partial charge on any atom is 0.269 e. The van der Waals surface area contributed by atoms with Crippen LogP contribution in [0.5, 0.6) is 11.5 Å². The van der Waals surface area contributed by atoms with Gasteiger partial charge in [0.05, 0.1) is 27.1 Å². The summed E-state index contributed by atoms with van der Waals surface area (Å²) in [6, 6.07) is 17.5. The van der Waals surface area contributed by atoms with Crippen LogP contribution in [0.3, 0.4) is 0 Å². The second kappa shape index (κ2) is 10.7. The molecule has 1 aliphatic rings. The van der Waals surface area contributed by atoms with Crippen molar-refractivity contribution in [1.82, 2.24) is 5.32 Å². The molecule has 1 fully saturated rings. The third-order valence-electron chi connectivity index (χ3n) is 5.00. The molecule has 0 aliphatic carbocycles. The summed E-state index contributed by atoms with van der Waals surface area (Å²) in [4.78, 5) is 27.8. The number of ether oxygens (including phenoxy) is 2. The molecular formula is C25H20BrN3O5S. The highest BCUT2D eigenvalue weighted by atomic mass is 79.9. The van der Waals surface area contributed by atoms with Crippen LogP contribution >= 0.6 is 27.7 Å². The van der Waals surface area contributed by atoms with Gasteiger partial charge in [0.25, 0.3) is 11.6 Å². The summed E-state index contributed by atoms with van der Waals surface area (Å²) in [6.45, 7) is 2.20. The van der Waals surface area contributed by atoms with Crippen molar-refractivity contribution in [2.75, 3.05) is 7.11 Å². The van der Waals surface area contributed by atoms with Gasteiger partial charge in [-0.15, -0.1) is 0 Å². The van der Waals surface area contributed by atoms with E-state index >= 15 is 0 Å². The Balaban J connectivity index is 1.50. The number of benzene rings is 3. The minimum absolute atomic E-state index is 0.0192. The van der Waals surface area contributed by atoms with Crippen LogP contribution in [0.25, 0.3) is 6.08 Å². The van der Waals surface area contributed by atoms with Gasteiger partial charge in [0.1, 0.15) is 6.61 Å². The van der Waals surface area contributed by atoms with Crippen molar-refractivity contribution in [1.29, 1.82) is 0 Å². The molecule has 1 heterocycles. The fourth-order valence-corrected chi connectivity index (χ4v) is 4.62. The van der Waals surface area contributed by atoms with E-state index in [-0.39, 0.29) is 18.2 Å². The van der Waals surface area contributed by atoms with E-state index in [1.807, 2.05) is 37.3 Å². The van der Waals surface area contributed by atoms with Gasteiger partial charge in [-0.05, 0) is 88.2 Å². The molecule has 4 rings (SSSR count). The second-order valence-corrected chi connectivity index (χ2v) is 9.45. The molecule has 1 aliphatic heterocycles. The normalized spacial score (nSPS) is 15.3. The number of thioether (sulfide) groups is 1. The van der Waals surface area contributed by atoms with E-state index in [2.05, 4.69) is 26.2 Å². The topological polar surface area (TPSA) is 103 Å². The van der Waals surface area contributed by atoms with Crippen LogP contribution in [0.1, 0.15) is 16.7 Å². The summed E-state index contributed by atoms with van der Waals surface area (Å²) < 4.78 is 12.1. The molecule has 0 spiro atoms. The first-order valence-electron chi connectivity index (χ1n) is 10.4. The monoisotopic (exact) mass is 553 g/mol. The lowest BCUT2D eigenvalue weighted by Gasteiger charge is -2.14. The second-order valence-electron chi connectivity index (χ2n) is 7.56. The first-order chi connectivity index (χ1) is 16.8. The Morgan fingerprint density at radius 3 is 2.51 bits per heavy atom. The molecule has 35 heavy (non-hydrogen) atoms. The van der Waals surface area contributed by atoms with E-state index in [0.29, 0.717) is 26.0 Å². The average Bonchev–Trinajstić information content (AvgIpc) is 3.18. The van der Waals surface area contributed by atoms with Gasteiger partial charge < -0.3 is 14.8 Å². The number of carbonyl (C=O) groups is 1. The maximum absolute atomic E-state index is 12.5. The summed E-state index contributed by atoms with van der Waals surface area (Å²) in [6.07, 6.45) is 1.76. The van der Waals surface area contributed by atoms with Gasteiger partial charge in [0.2, 0.25) is 0 Å². The van der Waals surface area contributed by atoms with Gasteiger partial charge in [-0.25, -0.2) is 4.99 Å². The molecule has 3 aromatic carbocycles. The average molecular weight is 554 g/mol. The number of carbonyl (C=O) groups excluding carboxylic acids is 1. The first-order valence-corrected chi connectivity index (χ1v) is 12.0. The highest BCUT2D eigenvalue weighted by Gasteiger charge is 2.24. The molecule has 1 saturated heterocycles. The van der Waals surface area contributed by atoms with Crippen molar-refractivity contribution in [3.8, 4) is 11.5 Å². The van der Waals surface area contributed by atoms with Crippen LogP contribution < -0.4 is 14.8 Å². The Kier molecular flexibility index (Phi) is 7.52. The van der Waals surface area contributed by atoms with Crippen LogP contribution in [-0.2, 0) is 11.4 Å². The van der Waals surface area contributed by atoms with E-state index < -0.39 is 4.92 Å². The zero-order valence-corrected chi connectivity index (χ0v) is 21.2. The molecule has 0 bridgehead atoms. The smallest absolute Gasteiger partial charge is 0.269 e. The minimum Gasteiger partial charge on any atom is -0.493 e. The van der Waals surface area contributed by atoms with Crippen molar-refractivity contribution in [3.05, 3.63) is 96.8 Å². The van der Waals surface area contributed by atoms with E-state index in [1.54, 1.807) is 24.3 Å². The summed E-state index contributed by atoms with van der Waals surface area (Å²) >= 11 is 4.78. The zero-order valence-electron chi connectivity index (χ0n) is 18.8. The fraction of sp³-hybridized carbons (Fsp3) is 0.120. The first kappa shape index (κ1) is 24.5. The van der Waals surface area contributed by atoms with Gasteiger partial charge in [-0.1, -0.05) is 17.7 Å². The zero-order chi connectivity index (χ0) is 24.9. The predicted octanol–water partition coefficient (Wildman–Crippen LogP) is 6.14. The summed E-state index contributed by atoms with van der Waals surface area (Å²) in [7, 11) is 1.53. The number of aliphatic imine (C=N–C) groups is 1. The van der Waals surface area contributed by atoms with Crippen LogP contribution in [-0.4, -0.2) is 23.1 Å². The van der Waals surface area contributed by atoms with E-state index in [1.165, 1.54) is 31.0 Å². The number of methoxy groups -OCH3 is 1. The number of nitro groups is 1. The maximum atomic E-state index is 12.5. The number of nitrogens with zero attached hydrogens (tertiary/aromatic N) is 2. The Morgan fingerprint density at radius 1 is 1.14 bits per heavy atom. The van der Waals surface area contributed by atoms with E-state index in [0.717, 1.165) is 22.4 Å². The third kappa shape index (κ3) is 6.09. The molecule has 1 amide bonds. The molecule has 0 radical (unpaired) electrons. The van der Waals surface area contributed by atoms with E-state index in [4.69, 9.17) is 9.47 Å². The molecule has 0 unspecified atom stereocenters. The van der Waals surface area contributed by atoms with Gasteiger partial charge in [0, 0.05) is 12.1 Å². The number of hydrogen-bond acceptors (Lipinski definition) is 7. The molecular weight excluding hydrogens is 534 g/mol. The van der Waals surface area contributed by atoms with Gasteiger partial charge in [-0.3, -0.25) is 14.9 Å². The standard InChI is InChI=1S/C25H20BrN3O5S/c1-15-3-7-18(8-4-15)27-25-28-24(30)22(35-25)13-17-11-20(26)23(21(12-17)33-2)34-14-16-5-9-19(10-6-16)29(31)32/h3-13H,14H2,1-2H3,(H,27,28,30)/b22-13-. The fourth-order valence-electron chi connectivity index (χ4n) is 3.20. The van der Waals surface area contributed by atoms with Gasteiger partial charge >= 0.3 is 0 Å². The Morgan fingerprint density at radius 2 is 1.86 bits per heavy atom. The summed E-state index contributed by atoms with van der Waals surface area (Å²) in [5.74, 6) is 0.734. The Hall–Kier alpha value is -3.63. The molecule has 3 aromatic rings. The number of nitrogens with one attached hydrogen (secondary N) is 1. The molecule has 0 saturated carbocycles. The largest absolute Gasteiger partial charge is 0.493 e. The predicted molar refractivity (Wildman–Crippen MR) is 140 cm³/mol. The lowest BCUT2D eigenvalue weighted by atomic mass is 10.1. The van der Waals surface area contributed by atoms with Gasteiger partial charge in [-0.2, -0.15) is 0 Å². The SMILES string of the molecule is COc1cc(/C=C2\SC(=Nc3ccc(C)cc3)NC2=O)cc(Br)c1OCc1ccc([N+](=O)[O-])cc1.